The molecule has 1 aromatic rings. The second-order valence-corrected chi connectivity index (χ2v) is 18.2. The smallest absolute Gasteiger partial charge is 0.410 e. The minimum Gasteiger partial charge on any atom is -0.444 e. The first-order valence-electron chi connectivity index (χ1n) is 18.6. The van der Waals surface area contributed by atoms with E-state index in [4.69, 9.17) is 9.47 Å². The van der Waals surface area contributed by atoms with Crippen LogP contribution in [0.2, 0.25) is 0 Å². The first-order chi connectivity index (χ1) is 25.9. The predicted molar refractivity (Wildman–Crippen MR) is 195 cm³/mol. The number of alkyl carbamates (subject to hydrolysis) is 1. The summed E-state index contributed by atoms with van der Waals surface area (Å²) in [6.45, 7) is 8.61. The summed E-state index contributed by atoms with van der Waals surface area (Å²) < 4.78 is 51.6. The molecule has 2 aliphatic carbocycles. The summed E-state index contributed by atoms with van der Waals surface area (Å²) in [5.41, 5.74) is -1.51. The summed E-state index contributed by atoms with van der Waals surface area (Å²) >= 11 is 0. The Labute approximate surface area is 319 Å². The van der Waals surface area contributed by atoms with Crippen LogP contribution in [0, 0.1) is 11.7 Å². The van der Waals surface area contributed by atoms with Crippen molar-refractivity contribution in [2.24, 2.45) is 5.92 Å². The zero-order valence-electron chi connectivity index (χ0n) is 31.3. The number of hydrogen-bond donors (Lipinski definition) is 2. The summed E-state index contributed by atoms with van der Waals surface area (Å²) in [6, 6.07) is 2.02. The molecule has 1 saturated heterocycles. The van der Waals surface area contributed by atoms with E-state index in [-0.39, 0.29) is 58.4 Å². The van der Waals surface area contributed by atoms with E-state index in [1.165, 1.54) is 20.8 Å². The molecule has 0 radical (unpaired) electrons. The third kappa shape index (κ3) is 9.03. The third-order valence-corrected chi connectivity index (χ3v) is 12.8. The van der Waals surface area contributed by atoms with Crippen LogP contribution in [0.25, 0.3) is 0 Å². The molecule has 17 heteroatoms. The third-order valence-electron chi connectivity index (χ3n) is 10.6. The van der Waals surface area contributed by atoms with Crippen molar-refractivity contribution in [3.63, 3.8) is 0 Å². The average Bonchev–Trinajstić information content (AvgIpc) is 3.99. The molecule has 3 fully saturated rings. The van der Waals surface area contributed by atoms with Crippen molar-refractivity contribution in [2.75, 3.05) is 25.4 Å². The van der Waals surface area contributed by atoms with Crippen LogP contribution < -0.4 is 10.6 Å². The van der Waals surface area contributed by atoms with Gasteiger partial charge in [0, 0.05) is 37.5 Å². The molecule has 0 spiro atoms. The fraction of sp³-hybridized carbons (Fsp3) is 0.579. The lowest BCUT2D eigenvalue weighted by molar-refractivity contribution is -0.141. The predicted octanol–water partition coefficient (Wildman–Crippen LogP) is 2.53. The van der Waals surface area contributed by atoms with Crippen LogP contribution in [-0.4, -0.2) is 119 Å². The first-order valence-corrected chi connectivity index (χ1v) is 20.3. The van der Waals surface area contributed by atoms with E-state index in [0.29, 0.717) is 24.0 Å². The number of amides is 5. The fourth-order valence-electron chi connectivity index (χ4n) is 7.48. The first kappa shape index (κ1) is 39.9. The topological polar surface area (TPSA) is 189 Å². The van der Waals surface area contributed by atoms with Gasteiger partial charge in [0.05, 0.1) is 18.3 Å². The maximum Gasteiger partial charge on any atom is 0.410 e. The summed E-state index contributed by atoms with van der Waals surface area (Å²) in [7, 11) is -3.76. The van der Waals surface area contributed by atoms with Gasteiger partial charge in [0.1, 0.15) is 40.9 Å². The Hall–Kier alpha value is -4.80. The van der Waals surface area contributed by atoms with Crippen LogP contribution in [0.4, 0.5) is 14.0 Å². The lowest BCUT2D eigenvalue weighted by atomic mass is 10.1. The molecular formula is C38H48FN5O10S. The summed E-state index contributed by atoms with van der Waals surface area (Å²) in [5.74, 6) is -4.35. The Bertz CT molecular complexity index is 1910. The number of rotatable bonds is 7. The molecule has 298 valence electrons. The maximum absolute atomic E-state index is 14.5. The van der Waals surface area contributed by atoms with Gasteiger partial charge < -0.3 is 29.9 Å². The van der Waals surface area contributed by atoms with E-state index in [9.17, 15) is 41.6 Å². The van der Waals surface area contributed by atoms with Crippen molar-refractivity contribution in [3.05, 3.63) is 60.0 Å². The number of Topliss-reactive ketones (excluding diaryl/α,β-unsaturated/α-hetero) is 1. The number of halogens is 1. The van der Waals surface area contributed by atoms with Gasteiger partial charge in [0.2, 0.25) is 17.7 Å². The summed E-state index contributed by atoms with van der Waals surface area (Å²) in [5, 5.41) is 4.79. The van der Waals surface area contributed by atoms with E-state index >= 15 is 0 Å². The Balaban J connectivity index is 1.29. The maximum atomic E-state index is 14.5. The Morgan fingerprint density at radius 2 is 1.85 bits per heavy atom. The van der Waals surface area contributed by atoms with Crippen molar-refractivity contribution < 1.29 is 51.0 Å². The van der Waals surface area contributed by atoms with Crippen molar-refractivity contribution in [2.45, 2.75) is 107 Å². The SMILES string of the molecule is C=CC(=O)N1CC=C[C@@H]2C[C@@]2(C(=O)CS(=O)(=O)C2CC2)NC(=O)[C@@H]2C[C@@H](OC(=O)N3Cc4cccc(F)c4C3)CN2C(=O)[C@@H](NC(=O)OC(C)(C)C)CCC1. The Kier molecular flexibility index (Phi) is 11.2. The Morgan fingerprint density at radius 1 is 1.11 bits per heavy atom. The van der Waals surface area contributed by atoms with Gasteiger partial charge in [0.25, 0.3) is 0 Å². The molecule has 5 atom stereocenters. The quantitative estimate of drug-likeness (QED) is 0.307. The van der Waals surface area contributed by atoms with Crippen molar-refractivity contribution >= 4 is 45.5 Å². The number of sulfone groups is 1. The number of nitrogens with zero attached hydrogens (tertiary/aromatic N) is 3. The standard InChI is InChI=1S/C38H48FN5O10S/c1-5-32(46)42-15-7-10-24-18-38(24,31(45)22-55(51,52)26-13-14-26)41-33(47)30-17-25(53-36(50)43-19-23-9-6-11-28(39)27(23)21-43)20-44(30)34(48)29(12-8-16-42)40-35(49)54-37(2,3)4/h5-7,9-11,24-26,29-30H,1,8,12-22H2,2-4H3,(H,40,49)(H,41,47)/t24-,25-,29+,30+,38-/m1/s1. The highest BCUT2D eigenvalue weighted by atomic mass is 32.2. The molecule has 2 saturated carbocycles. The fourth-order valence-corrected chi connectivity index (χ4v) is 9.20. The van der Waals surface area contributed by atoms with Gasteiger partial charge in [0.15, 0.2) is 15.6 Å². The summed E-state index contributed by atoms with van der Waals surface area (Å²) in [4.78, 5) is 85.8. The van der Waals surface area contributed by atoms with Crippen LogP contribution in [0.1, 0.15) is 70.4 Å². The minimum atomic E-state index is -3.76. The highest BCUT2D eigenvalue weighted by Gasteiger charge is 2.61. The number of hydrogen-bond acceptors (Lipinski definition) is 10. The molecular weight excluding hydrogens is 738 g/mol. The molecule has 3 heterocycles. The minimum absolute atomic E-state index is 0.0275. The van der Waals surface area contributed by atoms with Crippen LogP contribution in [0.15, 0.2) is 43.0 Å². The molecule has 1 aromatic carbocycles. The van der Waals surface area contributed by atoms with Crippen molar-refractivity contribution in [3.8, 4) is 0 Å². The average molecular weight is 786 g/mol. The second-order valence-electron chi connectivity index (χ2n) is 15.9. The van der Waals surface area contributed by atoms with Gasteiger partial charge in [-0.05, 0) is 70.6 Å². The van der Waals surface area contributed by atoms with E-state index in [1.54, 1.807) is 45.1 Å². The molecule has 5 aliphatic rings. The van der Waals surface area contributed by atoms with E-state index in [2.05, 4.69) is 17.2 Å². The molecule has 5 amide bonds. The number of nitrogens with one attached hydrogen (secondary N) is 2. The number of carbonyl (C=O) groups excluding carboxylic acids is 6. The number of ketones is 1. The molecule has 0 aromatic heterocycles. The highest BCUT2D eigenvalue weighted by Crippen LogP contribution is 2.47. The lowest BCUT2D eigenvalue weighted by Gasteiger charge is -2.30. The van der Waals surface area contributed by atoms with E-state index in [0.717, 1.165) is 6.08 Å². The number of benzene rings is 1. The van der Waals surface area contributed by atoms with Gasteiger partial charge in [-0.2, -0.15) is 0 Å². The highest BCUT2D eigenvalue weighted by molar-refractivity contribution is 7.93. The van der Waals surface area contributed by atoms with Gasteiger partial charge in [-0.15, -0.1) is 0 Å². The summed E-state index contributed by atoms with van der Waals surface area (Å²) in [6.07, 6.45) is 2.91. The molecule has 0 unspecified atom stereocenters. The van der Waals surface area contributed by atoms with Crippen LogP contribution in [-0.2, 0) is 51.6 Å². The van der Waals surface area contributed by atoms with Crippen LogP contribution in [0.5, 0.6) is 0 Å². The van der Waals surface area contributed by atoms with Gasteiger partial charge in [-0.25, -0.2) is 22.4 Å². The number of fused-ring (bicyclic) bond motifs is 3. The van der Waals surface area contributed by atoms with E-state index < -0.39 is 97.6 Å². The second kappa shape index (κ2) is 15.4. The van der Waals surface area contributed by atoms with Crippen molar-refractivity contribution in [1.82, 2.24) is 25.3 Å². The van der Waals surface area contributed by atoms with Crippen LogP contribution >= 0.6 is 0 Å². The van der Waals surface area contributed by atoms with Gasteiger partial charge in [-0.1, -0.05) is 30.9 Å². The molecule has 55 heavy (non-hydrogen) atoms. The Morgan fingerprint density at radius 3 is 2.53 bits per heavy atom. The monoisotopic (exact) mass is 785 g/mol. The van der Waals surface area contributed by atoms with E-state index in [1.807, 2.05) is 0 Å². The van der Waals surface area contributed by atoms with Gasteiger partial charge >= 0.3 is 12.2 Å². The largest absolute Gasteiger partial charge is 0.444 e. The molecule has 0 bridgehead atoms. The number of carbonyl (C=O) groups is 6. The number of ether oxygens (including phenoxy) is 2. The zero-order valence-corrected chi connectivity index (χ0v) is 32.1. The molecule has 3 aliphatic heterocycles. The van der Waals surface area contributed by atoms with Crippen LogP contribution in [0.3, 0.4) is 0 Å². The molecule has 6 rings (SSSR count). The molecule has 15 nitrogen and oxygen atoms in total. The zero-order chi connectivity index (χ0) is 39.9. The molecule has 2 N–H and O–H groups in total. The normalized spacial score (nSPS) is 27.1. The van der Waals surface area contributed by atoms with Crippen molar-refractivity contribution in [1.29, 1.82) is 0 Å². The van der Waals surface area contributed by atoms with Gasteiger partial charge in [-0.3, -0.25) is 24.1 Å². The lowest BCUT2D eigenvalue weighted by Crippen LogP contribution is -2.57.